The number of halogens is 1. The number of rotatable bonds is 7. The van der Waals surface area contributed by atoms with Crippen LogP contribution in [-0.2, 0) is 17.9 Å². The normalized spacial score (nSPS) is 11.6. The first kappa shape index (κ1) is 20.1. The lowest BCUT2D eigenvalue weighted by Crippen LogP contribution is -2.18. The third-order valence-electron chi connectivity index (χ3n) is 5.25. The number of benzene rings is 2. The van der Waals surface area contributed by atoms with Crippen LogP contribution < -0.4 is 5.56 Å². The second kappa shape index (κ2) is 8.37. The van der Waals surface area contributed by atoms with E-state index in [2.05, 4.69) is 15.0 Å². The van der Waals surface area contributed by atoms with Gasteiger partial charge in [-0.05, 0) is 23.3 Å². The highest BCUT2D eigenvalue weighted by Gasteiger charge is 2.20. The van der Waals surface area contributed by atoms with Gasteiger partial charge >= 0.3 is 0 Å². The molecule has 8 nitrogen and oxygen atoms in total. The summed E-state index contributed by atoms with van der Waals surface area (Å²) in [5, 5.41) is 8.93. The molecular weight excluding hydrogens is 413 g/mol. The number of hydrogen-bond donors (Lipinski definition) is 2. The summed E-state index contributed by atoms with van der Waals surface area (Å²) in [6.45, 7) is 0.189. The number of hydrogen-bond acceptors (Lipinski definition) is 5. The van der Waals surface area contributed by atoms with Gasteiger partial charge in [0.15, 0.2) is 11.2 Å². The Bertz CT molecular complexity index is 1440. The molecule has 3 aromatic heterocycles. The summed E-state index contributed by atoms with van der Waals surface area (Å²) in [6.07, 6.45) is 1.89. The number of ether oxygens (including phenoxy) is 1. The fourth-order valence-electron chi connectivity index (χ4n) is 3.75. The van der Waals surface area contributed by atoms with E-state index in [1.54, 1.807) is 16.7 Å². The number of nitrogens with one attached hydrogen (secondary N) is 1. The molecule has 0 saturated carbocycles. The Morgan fingerprint density at radius 1 is 1.09 bits per heavy atom. The van der Waals surface area contributed by atoms with Crippen molar-refractivity contribution in [3.05, 3.63) is 88.4 Å². The van der Waals surface area contributed by atoms with Crippen molar-refractivity contribution < 1.29 is 14.2 Å². The second-order valence-electron chi connectivity index (χ2n) is 7.34. The van der Waals surface area contributed by atoms with E-state index in [-0.39, 0.29) is 36.8 Å². The zero-order valence-corrected chi connectivity index (χ0v) is 17.0. The van der Waals surface area contributed by atoms with Crippen LogP contribution >= 0.6 is 0 Å². The molecule has 3 heterocycles. The smallest absolute Gasteiger partial charge is 0.287 e. The van der Waals surface area contributed by atoms with Gasteiger partial charge in [0.05, 0.1) is 30.9 Å². The number of aliphatic hydroxyl groups excluding tert-OH is 1. The highest BCUT2D eigenvalue weighted by Crippen LogP contribution is 2.26. The number of aliphatic hydroxyl groups is 1. The Labute approximate surface area is 181 Å². The second-order valence-corrected chi connectivity index (χ2v) is 7.34. The van der Waals surface area contributed by atoms with Crippen LogP contribution in [0.2, 0.25) is 0 Å². The molecule has 0 spiro atoms. The van der Waals surface area contributed by atoms with E-state index in [9.17, 15) is 9.18 Å². The fourth-order valence-corrected chi connectivity index (χ4v) is 3.75. The predicted octanol–water partition coefficient (Wildman–Crippen LogP) is 2.74. The summed E-state index contributed by atoms with van der Waals surface area (Å²) >= 11 is 0. The lowest BCUT2D eigenvalue weighted by Gasteiger charge is -2.06. The van der Waals surface area contributed by atoms with Crippen LogP contribution in [0.25, 0.3) is 28.2 Å². The van der Waals surface area contributed by atoms with Gasteiger partial charge in [0.25, 0.3) is 5.56 Å². The van der Waals surface area contributed by atoms with Crippen molar-refractivity contribution in [3.8, 4) is 11.3 Å². The van der Waals surface area contributed by atoms with Gasteiger partial charge in [-0.2, -0.15) is 4.98 Å². The molecule has 32 heavy (non-hydrogen) atoms. The third-order valence-corrected chi connectivity index (χ3v) is 5.25. The van der Waals surface area contributed by atoms with Gasteiger partial charge in [-0.25, -0.2) is 13.8 Å². The van der Waals surface area contributed by atoms with Gasteiger partial charge in [-0.3, -0.25) is 9.36 Å². The monoisotopic (exact) mass is 433 g/mol. The summed E-state index contributed by atoms with van der Waals surface area (Å²) in [7, 11) is 0. The number of imidazole rings is 2. The van der Waals surface area contributed by atoms with Gasteiger partial charge in [0, 0.05) is 6.42 Å². The molecule has 0 aliphatic heterocycles. The Balaban J connectivity index is 1.70. The molecule has 0 unspecified atom stereocenters. The summed E-state index contributed by atoms with van der Waals surface area (Å²) in [5.41, 5.74) is 3.54. The van der Waals surface area contributed by atoms with Gasteiger partial charge < -0.3 is 14.8 Å². The van der Waals surface area contributed by atoms with Crippen molar-refractivity contribution in [1.29, 1.82) is 0 Å². The Kier molecular flexibility index (Phi) is 5.26. The zero-order valence-electron chi connectivity index (χ0n) is 17.0. The molecule has 9 heteroatoms. The van der Waals surface area contributed by atoms with Crippen molar-refractivity contribution in [2.75, 3.05) is 13.2 Å². The predicted molar refractivity (Wildman–Crippen MR) is 117 cm³/mol. The van der Waals surface area contributed by atoms with E-state index in [4.69, 9.17) is 9.84 Å². The molecule has 2 N–H and O–H groups in total. The lowest BCUT2D eigenvalue weighted by molar-refractivity contribution is 0.0499. The molecule has 0 radical (unpaired) electrons. The molecule has 0 fully saturated rings. The number of H-pyrrole nitrogens is 1. The Morgan fingerprint density at radius 2 is 1.88 bits per heavy atom. The summed E-state index contributed by atoms with van der Waals surface area (Å²) < 4.78 is 21.9. The first-order valence-corrected chi connectivity index (χ1v) is 10.1. The molecule has 0 aliphatic rings. The Morgan fingerprint density at radius 3 is 2.62 bits per heavy atom. The lowest BCUT2D eigenvalue weighted by atomic mass is 10.0. The van der Waals surface area contributed by atoms with Crippen LogP contribution in [0.1, 0.15) is 11.3 Å². The summed E-state index contributed by atoms with van der Waals surface area (Å²) in [4.78, 5) is 25.6. The van der Waals surface area contributed by atoms with Gasteiger partial charge in [-0.15, -0.1) is 0 Å². The van der Waals surface area contributed by atoms with Crippen LogP contribution in [0, 0.1) is 5.82 Å². The zero-order chi connectivity index (χ0) is 22.1. The minimum absolute atomic E-state index is 0.100. The van der Waals surface area contributed by atoms with Crippen LogP contribution in [0.15, 0.2) is 65.7 Å². The molecule has 2 aromatic carbocycles. The van der Waals surface area contributed by atoms with Crippen molar-refractivity contribution in [2.45, 2.75) is 13.2 Å². The van der Waals surface area contributed by atoms with Gasteiger partial charge in [0.1, 0.15) is 12.5 Å². The van der Waals surface area contributed by atoms with Crippen LogP contribution in [0.4, 0.5) is 4.39 Å². The van der Waals surface area contributed by atoms with E-state index in [1.807, 2.05) is 30.3 Å². The van der Waals surface area contributed by atoms with E-state index in [1.165, 1.54) is 22.9 Å². The number of fused-ring (bicyclic) bond motifs is 2. The number of nitrogens with zero attached hydrogens (tertiary/aromatic N) is 4. The highest BCUT2D eigenvalue weighted by atomic mass is 19.1. The quantitative estimate of drug-likeness (QED) is 0.385. The largest absolute Gasteiger partial charge is 0.394 e. The molecule has 0 aliphatic carbocycles. The molecular formula is C23H20FN5O3. The fraction of sp³-hybridized carbons (Fsp3) is 0.174. The minimum Gasteiger partial charge on any atom is -0.394 e. The summed E-state index contributed by atoms with van der Waals surface area (Å²) in [6, 6.07) is 15.9. The van der Waals surface area contributed by atoms with Crippen LogP contribution in [0.3, 0.4) is 0 Å². The van der Waals surface area contributed by atoms with Crippen molar-refractivity contribution in [3.63, 3.8) is 0 Å². The summed E-state index contributed by atoms with van der Waals surface area (Å²) in [5.74, 6) is 0.0628. The topological polar surface area (TPSA) is 97.4 Å². The average molecular weight is 433 g/mol. The molecule has 5 rings (SSSR count). The van der Waals surface area contributed by atoms with Gasteiger partial charge in [-0.1, -0.05) is 42.5 Å². The maximum absolute atomic E-state index is 13.4. The molecule has 0 amide bonds. The first-order valence-electron chi connectivity index (χ1n) is 10.1. The van der Waals surface area contributed by atoms with E-state index >= 15 is 0 Å². The minimum atomic E-state index is -0.314. The third kappa shape index (κ3) is 3.57. The molecule has 0 bridgehead atoms. The van der Waals surface area contributed by atoms with E-state index < -0.39 is 0 Å². The van der Waals surface area contributed by atoms with E-state index in [0.29, 0.717) is 23.5 Å². The SMILES string of the molecule is O=c1c2ncn(COCCO)c2nc2[nH]c(-c3ccccc3)c(Cc3ccc(F)cc3)n12. The number of aromatic nitrogens is 5. The molecule has 0 atom stereocenters. The highest BCUT2D eigenvalue weighted by molar-refractivity contribution is 5.74. The van der Waals surface area contributed by atoms with Crippen molar-refractivity contribution >= 4 is 16.9 Å². The standard InChI is InChI=1S/C23H20FN5O3/c24-17-8-6-15(7-9-17)12-18-19(16-4-2-1-3-5-16)26-23-27-21-20(22(31)29(18)23)25-13-28(21)14-32-11-10-30/h1-9,13,30H,10-12,14H2,(H,26,27). The molecule has 5 aromatic rings. The van der Waals surface area contributed by atoms with Crippen LogP contribution in [0.5, 0.6) is 0 Å². The maximum atomic E-state index is 13.4. The number of aromatic amines is 1. The maximum Gasteiger partial charge on any atom is 0.287 e. The van der Waals surface area contributed by atoms with E-state index in [0.717, 1.165) is 16.8 Å². The first-order chi connectivity index (χ1) is 15.7. The average Bonchev–Trinajstić information content (AvgIpc) is 3.38. The van der Waals surface area contributed by atoms with Crippen molar-refractivity contribution in [1.82, 2.24) is 23.9 Å². The Hall–Kier alpha value is -3.82. The molecule has 162 valence electrons. The van der Waals surface area contributed by atoms with Crippen LogP contribution in [-0.4, -0.2) is 42.2 Å². The van der Waals surface area contributed by atoms with Gasteiger partial charge in [0.2, 0.25) is 5.78 Å². The molecule has 0 saturated heterocycles. The van der Waals surface area contributed by atoms with Crippen molar-refractivity contribution in [2.24, 2.45) is 0 Å².